The topological polar surface area (TPSA) is 113 Å². The second kappa shape index (κ2) is 9.65. The van der Waals surface area contributed by atoms with Crippen molar-refractivity contribution in [2.75, 3.05) is 36.8 Å². The number of carboxylic acid groups (broad SMARTS) is 1. The molecule has 1 saturated heterocycles. The van der Waals surface area contributed by atoms with Crippen LogP contribution in [0, 0.1) is 5.82 Å². The number of fused-ring (bicyclic) bond motifs is 1. The zero-order valence-electron chi connectivity index (χ0n) is 18.9. The summed E-state index contributed by atoms with van der Waals surface area (Å²) in [6.07, 6.45) is 6.65. The van der Waals surface area contributed by atoms with Gasteiger partial charge in [0.15, 0.2) is 12.4 Å². The summed E-state index contributed by atoms with van der Waals surface area (Å²) in [4.78, 5) is 40.5. The van der Waals surface area contributed by atoms with Crippen molar-refractivity contribution in [1.82, 2.24) is 9.47 Å². The van der Waals surface area contributed by atoms with E-state index in [1.807, 2.05) is 4.90 Å². The van der Waals surface area contributed by atoms with Gasteiger partial charge >= 0.3 is 5.97 Å². The molecule has 2 aromatic heterocycles. The van der Waals surface area contributed by atoms with E-state index < -0.39 is 17.2 Å². The first-order valence-electron chi connectivity index (χ1n) is 11.2. The second-order valence-electron chi connectivity index (χ2n) is 8.81. The van der Waals surface area contributed by atoms with E-state index in [0.717, 1.165) is 18.9 Å². The SMILES string of the molecule is Nc1cc[n+](CC(=O)N2CCN(c3cc4c(cc3F)c(=O)c(C(=O)O)cn4C3CC3)CC2)cc1.[Br-]. The number of piperazine rings is 1. The molecule has 1 aromatic carbocycles. The third-order valence-corrected chi connectivity index (χ3v) is 6.48. The van der Waals surface area contributed by atoms with E-state index >= 15 is 4.39 Å². The number of rotatable bonds is 5. The van der Waals surface area contributed by atoms with Crippen molar-refractivity contribution in [2.24, 2.45) is 0 Å². The Morgan fingerprint density at radius 2 is 1.77 bits per heavy atom. The van der Waals surface area contributed by atoms with Crippen LogP contribution < -0.4 is 37.6 Å². The Morgan fingerprint density at radius 3 is 2.37 bits per heavy atom. The fraction of sp³-hybridized carbons (Fsp3) is 0.333. The first-order chi connectivity index (χ1) is 16.3. The summed E-state index contributed by atoms with van der Waals surface area (Å²) < 4.78 is 18.7. The number of benzene rings is 1. The Balaban J connectivity index is 0.00000289. The van der Waals surface area contributed by atoms with Gasteiger partial charge in [-0.3, -0.25) is 9.59 Å². The molecule has 2 aliphatic rings. The number of hydrogen-bond acceptors (Lipinski definition) is 5. The van der Waals surface area contributed by atoms with Gasteiger partial charge in [0.1, 0.15) is 11.4 Å². The number of nitrogens with zero attached hydrogens (tertiary/aromatic N) is 4. The summed E-state index contributed by atoms with van der Waals surface area (Å²) in [5, 5.41) is 9.47. The molecule has 3 aromatic rings. The molecule has 0 spiro atoms. The summed E-state index contributed by atoms with van der Waals surface area (Å²) in [6.45, 7) is 1.98. The van der Waals surface area contributed by atoms with Gasteiger partial charge in [0.2, 0.25) is 12.0 Å². The van der Waals surface area contributed by atoms with Crippen LogP contribution >= 0.6 is 0 Å². The van der Waals surface area contributed by atoms with Gasteiger partial charge in [-0.25, -0.2) is 9.18 Å². The van der Waals surface area contributed by atoms with E-state index in [-0.39, 0.29) is 46.4 Å². The molecule has 3 heterocycles. The zero-order valence-corrected chi connectivity index (χ0v) is 20.4. The first kappa shape index (κ1) is 24.6. The maximum absolute atomic E-state index is 15.1. The van der Waals surface area contributed by atoms with Crippen LogP contribution in [0.3, 0.4) is 0 Å². The molecule has 5 rings (SSSR count). The molecule has 2 fully saturated rings. The monoisotopic (exact) mass is 545 g/mol. The molecule has 0 bridgehead atoms. The molecule has 1 aliphatic heterocycles. The molecular formula is C24H25BrFN5O4. The van der Waals surface area contributed by atoms with E-state index in [4.69, 9.17) is 5.73 Å². The maximum atomic E-state index is 15.1. The standard InChI is InChI=1S/C24H24FN5O4.BrH/c25-19-11-17-20(30(16-1-2-16)13-18(23(17)32)24(33)34)12-21(19)28-7-9-29(10-8-28)22(31)14-27-5-3-15(26)4-6-27;/h3-6,11-13,16,26H,1-2,7-10,14H2,(H,33,34);1H. The van der Waals surface area contributed by atoms with Crippen molar-refractivity contribution < 1.29 is 40.6 Å². The van der Waals surface area contributed by atoms with Crippen LogP contribution in [0.2, 0.25) is 0 Å². The number of anilines is 2. The molecule has 0 atom stereocenters. The number of aromatic carboxylic acids is 1. The maximum Gasteiger partial charge on any atom is 0.341 e. The number of hydrogen-bond donors (Lipinski definition) is 2. The lowest BCUT2D eigenvalue weighted by atomic mass is 10.1. The lowest BCUT2D eigenvalue weighted by Crippen LogP contribution is -3.00. The minimum absolute atomic E-state index is 0. The quantitative estimate of drug-likeness (QED) is 0.373. The van der Waals surface area contributed by atoms with E-state index in [2.05, 4.69) is 0 Å². The lowest BCUT2D eigenvalue weighted by Gasteiger charge is -2.36. The van der Waals surface area contributed by atoms with Crippen LogP contribution in [-0.4, -0.2) is 52.6 Å². The van der Waals surface area contributed by atoms with Crippen LogP contribution in [0.1, 0.15) is 29.2 Å². The zero-order chi connectivity index (χ0) is 24.0. The molecular weight excluding hydrogens is 521 g/mol. The van der Waals surface area contributed by atoms with Gasteiger partial charge in [-0.05, 0) is 25.0 Å². The van der Waals surface area contributed by atoms with Crippen molar-refractivity contribution in [2.45, 2.75) is 25.4 Å². The molecule has 1 aliphatic carbocycles. The number of pyridine rings is 2. The lowest BCUT2D eigenvalue weighted by molar-refractivity contribution is -0.685. The Hall–Kier alpha value is -3.47. The van der Waals surface area contributed by atoms with Crippen molar-refractivity contribution in [3.8, 4) is 0 Å². The van der Waals surface area contributed by atoms with E-state index in [9.17, 15) is 19.5 Å². The molecule has 35 heavy (non-hydrogen) atoms. The van der Waals surface area contributed by atoms with Gasteiger partial charge in [0.25, 0.3) is 5.91 Å². The van der Waals surface area contributed by atoms with Gasteiger partial charge in [0.05, 0.1) is 11.2 Å². The van der Waals surface area contributed by atoms with Crippen molar-refractivity contribution >= 4 is 34.2 Å². The van der Waals surface area contributed by atoms with E-state index in [0.29, 0.717) is 43.1 Å². The third-order valence-electron chi connectivity index (χ3n) is 6.48. The van der Waals surface area contributed by atoms with Gasteiger partial charge in [-0.2, -0.15) is 4.57 Å². The molecule has 0 unspecified atom stereocenters. The first-order valence-corrected chi connectivity index (χ1v) is 11.2. The minimum Gasteiger partial charge on any atom is -1.00 e. The fourth-order valence-electron chi connectivity index (χ4n) is 4.44. The Kier molecular flexibility index (Phi) is 6.79. The van der Waals surface area contributed by atoms with Gasteiger partial charge < -0.3 is 42.2 Å². The predicted molar refractivity (Wildman–Crippen MR) is 123 cm³/mol. The largest absolute Gasteiger partial charge is 1.00 e. The summed E-state index contributed by atoms with van der Waals surface area (Å²) >= 11 is 0. The molecule has 11 heteroatoms. The number of nitrogen functional groups attached to an aromatic ring is 1. The minimum atomic E-state index is -1.32. The number of halogens is 2. The van der Waals surface area contributed by atoms with Gasteiger partial charge in [-0.1, -0.05) is 0 Å². The smallest absolute Gasteiger partial charge is 0.341 e. The average molecular weight is 546 g/mol. The van der Waals surface area contributed by atoms with E-state index in [1.165, 1.54) is 6.20 Å². The molecule has 1 amide bonds. The average Bonchev–Trinajstić information content (AvgIpc) is 3.66. The third kappa shape index (κ3) is 4.86. The summed E-state index contributed by atoms with van der Waals surface area (Å²) in [6, 6.07) is 6.36. The second-order valence-corrected chi connectivity index (χ2v) is 8.81. The Labute approximate surface area is 210 Å². The Morgan fingerprint density at radius 1 is 1.11 bits per heavy atom. The molecule has 9 nitrogen and oxygen atoms in total. The van der Waals surface area contributed by atoms with Crippen molar-refractivity contribution in [1.29, 1.82) is 0 Å². The number of nitrogens with two attached hydrogens (primary N) is 1. The number of amides is 1. The molecule has 3 N–H and O–H groups in total. The van der Waals surface area contributed by atoms with Crippen molar-refractivity contribution in [3.05, 3.63) is 64.5 Å². The number of aromatic nitrogens is 2. The Bertz CT molecular complexity index is 1350. The summed E-state index contributed by atoms with van der Waals surface area (Å²) in [7, 11) is 0. The predicted octanol–water partition coefficient (Wildman–Crippen LogP) is -1.60. The van der Waals surface area contributed by atoms with Gasteiger partial charge in [-0.15, -0.1) is 0 Å². The summed E-state index contributed by atoms with van der Waals surface area (Å²) in [5.41, 5.74) is 6.17. The number of carbonyl (C=O) groups is 2. The number of carbonyl (C=O) groups excluding carboxylic acids is 1. The van der Waals surface area contributed by atoms with E-state index in [1.54, 1.807) is 44.6 Å². The highest BCUT2D eigenvalue weighted by molar-refractivity contribution is 5.93. The van der Waals surface area contributed by atoms with Crippen LogP contribution in [0.25, 0.3) is 10.9 Å². The van der Waals surface area contributed by atoms with Crippen LogP contribution in [0.15, 0.2) is 47.7 Å². The number of carboxylic acids is 1. The van der Waals surface area contributed by atoms with Gasteiger partial charge in [0, 0.05) is 61.6 Å². The fourth-order valence-corrected chi connectivity index (χ4v) is 4.44. The van der Waals surface area contributed by atoms with Crippen LogP contribution in [0.4, 0.5) is 15.8 Å². The van der Waals surface area contributed by atoms with Crippen molar-refractivity contribution in [3.63, 3.8) is 0 Å². The normalized spacial score (nSPS) is 15.7. The molecule has 184 valence electrons. The highest BCUT2D eigenvalue weighted by Crippen LogP contribution is 2.38. The highest BCUT2D eigenvalue weighted by atomic mass is 79.9. The van der Waals surface area contributed by atoms with Crippen LogP contribution in [0.5, 0.6) is 0 Å². The summed E-state index contributed by atoms with van der Waals surface area (Å²) in [5.74, 6) is -1.92. The highest BCUT2D eigenvalue weighted by Gasteiger charge is 2.29. The molecule has 0 radical (unpaired) electrons. The molecule has 1 saturated carbocycles. The van der Waals surface area contributed by atoms with Crippen LogP contribution in [-0.2, 0) is 11.3 Å².